The van der Waals surface area contributed by atoms with Crippen molar-refractivity contribution in [2.45, 2.75) is 32.6 Å². The number of carbonyl (C=O) groups is 2. The second-order valence-electron chi connectivity index (χ2n) is 8.36. The number of carbonyl (C=O) groups excluding carboxylic acids is 2. The topological polar surface area (TPSA) is 40.6 Å². The summed E-state index contributed by atoms with van der Waals surface area (Å²) in [7, 11) is 0. The van der Waals surface area contributed by atoms with Crippen molar-refractivity contribution in [3.8, 4) is 0 Å². The molecule has 0 saturated carbocycles. The average Bonchev–Trinajstić information content (AvgIpc) is 2.93. The lowest BCUT2D eigenvalue weighted by molar-refractivity contribution is 0.0716. The van der Waals surface area contributed by atoms with Gasteiger partial charge in [0.15, 0.2) is 0 Å². The molecule has 29 heavy (non-hydrogen) atoms. The Morgan fingerprint density at radius 2 is 1.48 bits per heavy atom. The number of benzene rings is 2. The van der Waals surface area contributed by atoms with Gasteiger partial charge in [0.05, 0.1) is 10.6 Å². The van der Waals surface area contributed by atoms with Gasteiger partial charge in [-0.05, 0) is 41.7 Å². The van der Waals surface area contributed by atoms with E-state index in [0.717, 1.165) is 0 Å². The summed E-state index contributed by atoms with van der Waals surface area (Å²) >= 11 is 6.04. The highest BCUT2D eigenvalue weighted by molar-refractivity contribution is 6.33. The lowest BCUT2D eigenvalue weighted by atomic mass is 9.86. The molecule has 0 spiro atoms. The summed E-state index contributed by atoms with van der Waals surface area (Å²) < 4.78 is 14.1. The predicted octanol–water partition coefficient (Wildman–Crippen LogP) is 4.76. The summed E-state index contributed by atoms with van der Waals surface area (Å²) in [6.07, 6.45) is 0.629. The Morgan fingerprint density at radius 3 is 2.03 bits per heavy atom. The minimum absolute atomic E-state index is 0.0268. The van der Waals surface area contributed by atoms with Crippen LogP contribution in [0.25, 0.3) is 0 Å². The molecule has 1 heterocycles. The Kier molecular flexibility index (Phi) is 6.27. The molecule has 6 heteroatoms. The van der Waals surface area contributed by atoms with Gasteiger partial charge in [-0.15, -0.1) is 0 Å². The second kappa shape index (κ2) is 8.54. The summed E-state index contributed by atoms with van der Waals surface area (Å²) in [4.78, 5) is 29.0. The Bertz CT molecular complexity index is 886. The minimum Gasteiger partial charge on any atom is -0.337 e. The van der Waals surface area contributed by atoms with E-state index in [9.17, 15) is 14.0 Å². The van der Waals surface area contributed by atoms with Crippen molar-refractivity contribution in [2.24, 2.45) is 0 Å². The van der Waals surface area contributed by atoms with Crippen LogP contribution in [0.5, 0.6) is 0 Å². The monoisotopic (exact) mass is 416 g/mol. The molecule has 0 aromatic heterocycles. The molecule has 0 atom stereocenters. The van der Waals surface area contributed by atoms with Gasteiger partial charge in [-0.1, -0.05) is 50.6 Å². The highest BCUT2D eigenvalue weighted by Gasteiger charge is 2.26. The van der Waals surface area contributed by atoms with Crippen LogP contribution in [-0.2, 0) is 5.41 Å². The highest BCUT2D eigenvalue weighted by Crippen LogP contribution is 2.24. The zero-order valence-electron chi connectivity index (χ0n) is 17.0. The first kappa shape index (κ1) is 21.3. The number of rotatable bonds is 2. The van der Waals surface area contributed by atoms with Gasteiger partial charge in [-0.25, -0.2) is 4.39 Å². The van der Waals surface area contributed by atoms with E-state index in [-0.39, 0.29) is 21.9 Å². The van der Waals surface area contributed by atoms with Gasteiger partial charge in [0, 0.05) is 31.7 Å². The van der Waals surface area contributed by atoms with Gasteiger partial charge in [0.2, 0.25) is 0 Å². The normalized spacial score (nSPS) is 15.2. The van der Waals surface area contributed by atoms with E-state index >= 15 is 0 Å². The number of nitrogens with zero attached hydrogens (tertiary/aromatic N) is 2. The molecular weight excluding hydrogens is 391 g/mol. The second-order valence-corrected chi connectivity index (χ2v) is 8.77. The Balaban J connectivity index is 1.69. The number of amides is 2. The summed E-state index contributed by atoms with van der Waals surface area (Å²) in [5.41, 5.74) is 1.73. The number of halogens is 2. The van der Waals surface area contributed by atoms with E-state index in [2.05, 4.69) is 20.8 Å². The number of hydrogen-bond donors (Lipinski definition) is 0. The maximum Gasteiger partial charge on any atom is 0.258 e. The molecule has 0 radical (unpaired) electrons. The molecule has 4 nitrogen and oxygen atoms in total. The number of hydrogen-bond acceptors (Lipinski definition) is 2. The molecule has 1 aliphatic rings. The van der Waals surface area contributed by atoms with Gasteiger partial charge in [-0.3, -0.25) is 9.59 Å². The van der Waals surface area contributed by atoms with Crippen molar-refractivity contribution >= 4 is 23.4 Å². The standard InChI is InChI=1S/C23H26ClFN2O2/c1-23(2,3)17-10-8-16(9-11-17)21(28)26-12-5-13-27(15-14-26)22(29)20-18(24)6-4-7-19(20)25/h4,6-11H,5,12-15H2,1-3H3. The molecule has 0 unspecified atom stereocenters. The first-order valence-electron chi connectivity index (χ1n) is 9.81. The summed E-state index contributed by atoms with van der Waals surface area (Å²) in [5, 5.41) is 0.103. The van der Waals surface area contributed by atoms with Crippen LogP contribution in [0.1, 0.15) is 53.5 Å². The maximum absolute atomic E-state index is 14.1. The van der Waals surface area contributed by atoms with Crippen LogP contribution in [-0.4, -0.2) is 47.8 Å². The van der Waals surface area contributed by atoms with Gasteiger partial charge >= 0.3 is 0 Å². The van der Waals surface area contributed by atoms with Crippen LogP contribution in [0, 0.1) is 5.82 Å². The zero-order chi connectivity index (χ0) is 21.2. The van der Waals surface area contributed by atoms with Crippen molar-refractivity contribution in [1.82, 2.24) is 9.80 Å². The predicted molar refractivity (Wildman–Crippen MR) is 113 cm³/mol. The fourth-order valence-electron chi connectivity index (χ4n) is 3.48. The summed E-state index contributed by atoms with van der Waals surface area (Å²) in [6.45, 7) is 8.14. The summed E-state index contributed by atoms with van der Waals surface area (Å²) in [6, 6.07) is 11.9. The van der Waals surface area contributed by atoms with Gasteiger partial charge in [0.1, 0.15) is 5.82 Å². The lowest BCUT2D eigenvalue weighted by Crippen LogP contribution is -2.37. The van der Waals surface area contributed by atoms with E-state index in [0.29, 0.717) is 38.2 Å². The van der Waals surface area contributed by atoms with Gasteiger partial charge < -0.3 is 9.80 Å². The van der Waals surface area contributed by atoms with Crippen molar-refractivity contribution in [3.05, 3.63) is 70.0 Å². The quantitative estimate of drug-likeness (QED) is 0.707. The Morgan fingerprint density at radius 1 is 0.897 bits per heavy atom. The molecule has 0 bridgehead atoms. The fourth-order valence-corrected chi connectivity index (χ4v) is 3.72. The smallest absolute Gasteiger partial charge is 0.258 e. The van der Waals surface area contributed by atoms with E-state index in [1.54, 1.807) is 9.80 Å². The lowest BCUT2D eigenvalue weighted by Gasteiger charge is -2.23. The molecule has 0 N–H and O–H groups in total. The van der Waals surface area contributed by atoms with Crippen LogP contribution >= 0.6 is 11.6 Å². The zero-order valence-corrected chi connectivity index (χ0v) is 17.8. The van der Waals surface area contributed by atoms with Gasteiger partial charge in [0.25, 0.3) is 11.8 Å². The Hall–Kier alpha value is -2.40. The van der Waals surface area contributed by atoms with Gasteiger partial charge in [-0.2, -0.15) is 0 Å². The van der Waals surface area contributed by atoms with Crippen molar-refractivity contribution < 1.29 is 14.0 Å². The van der Waals surface area contributed by atoms with Crippen LogP contribution in [0.3, 0.4) is 0 Å². The third kappa shape index (κ3) is 4.78. The molecular formula is C23H26ClFN2O2. The summed E-state index contributed by atoms with van der Waals surface area (Å²) in [5.74, 6) is -1.11. The van der Waals surface area contributed by atoms with Crippen LogP contribution in [0.15, 0.2) is 42.5 Å². The molecule has 2 aromatic rings. The minimum atomic E-state index is -0.626. The van der Waals surface area contributed by atoms with Crippen molar-refractivity contribution in [1.29, 1.82) is 0 Å². The van der Waals surface area contributed by atoms with E-state index in [1.807, 2.05) is 24.3 Å². The average molecular weight is 417 g/mol. The van der Waals surface area contributed by atoms with E-state index in [4.69, 9.17) is 11.6 Å². The molecule has 2 amide bonds. The van der Waals surface area contributed by atoms with E-state index in [1.165, 1.54) is 23.8 Å². The molecule has 154 valence electrons. The molecule has 1 fully saturated rings. The van der Waals surface area contributed by atoms with Crippen LogP contribution in [0.4, 0.5) is 4.39 Å². The molecule has 0 aliphatic carbocycles. The molecule has 2 aromatic carbocycles. The SMILES string of the molecule is CC(C)(C)c1ccc(C(=O)N2CCCN(C(=O)c3c(F)cccc3Cl)CC2)cc1. The molecule has 1 aliphatic heterocycles. The van der Waals surface area contributed by atoms with Crippen molar-refractivity contribution in [3.63, 3.8) is 0 Å². The third-order valence-electron chi connectivity index (χ3n) is 5.24. The fraction of sp³-hybridized carbons (Fsp3) is 0.391. The molecule has 3 rings (SSSR count). The Labute approximate surface area is 176 Å². The first-order chi connectivity index (χ1) is 13.7. The molecule has 1 saturated heterocycles. The van der Waals surface area contributed by atoms with Crippen LogP contribution in [0.2, 0.25) is 5.02 Å². The maximum atomic E-state index is 14.1. The highest BCUT2D eigenvalue weighted by atomic mass is 35.5. The van der Waals surface area contributed by atoms with Crippen LogP contribution < -0.4 is 0 Å². The van der Waals surface area contributed by atoms with Crippen molar-refractivity contribution in [2.75, 3.05) is 26.2 Å². The largest absolute Gasteiger partial charge is 0.337 e. The first-order valence-corrected chi connectivity index (χ1v) is 10.2. The third-order valence-corrected chi connectivity index (χ3v) is 5.56. The van der Waals surface area contributed by atoms with E-state index < -0.39 is 11.7 Å².